The van der Waals surface area contributed by atoms with Gasteiger partial charge in [0.15, 0.2) is 0 Å². The SMILES string of the molecule is CNC(=O)CCC(C=O)n1c(C)nc2ccccc2c1=O. The summed E-state index contributed by atoms with van der Waals surface area (Å²) in [6.45, 7) is 1.68. The number of carbonyl (C=O) groups excluding carboxylic acids is 2. The van der Waals surface area contributed by atoms with Crippen molar-refractivity contribution in [3.05, 3.63) is 40.4 Å². The number of aldehydes is 1. The first-order valence-electron chi connectivity index (χ1n) is 6.72. The second kappa shape index (κ2) is 6.30. The van der Waals surface area contributed by atoms with Crippen LogP contribution in [0.1, 0.15) is 24.7 Å². The molecule has 1 atom stereocenters. The summed E-state index contributed by atoms with van der Waals surface area (Å²) >= 11 is 0. The van der Waals surface area contributed by atoms with Crippen molar-refractivity contribution >= 4 is 23.1 Å². The molecule has 6 heteroatoms. The minimum Gasteiger partial charge on any atom is -0.359 e. The van der Waals surface area contributed by atoms with E-state index in [2.05, 4.69) is 10.3 Å². The van der Waals surface area contributed by atoms with Crippen molar-refractivity contribution in [2.75, 3.05) is 7.05 Å². The Bertz CT molecular complexity index is 737. The minimum absolute atomic E-state index is 0.165. The Kier molecular flexibility index (Phi) is 4.47. The maximum Gasteiger partial charge on any atom is 0.262 e. The molecule has 6 nitrogen and oxygen atoms in total. The Labute approximate surface area is 121 Å². The van der Waals surface area contributed by atoms with E-state index in [-0.39, 0.29) is 24.3 Å². The molecular formula is C15H17N3O3. The lowest BCUT2D eigenvalue weighted by Gasteiger charge is -2.16. The third-order valence-electron chi connectivity index (χ3n) is 3.42. The summed E-state index contributed by atoms with van der Waals surface area (Å²) in [5.41, 5.74) is 0.347. The first-order chi connectivity index (χ1) is 10.1. The Hall–Kier alpha value is -2.50. The average molecular weight is 287 g/mol. The number of aromatic nitrogens is 2. The van der Waals surface area contributed by atoms with Gasteiger partial charge in [0, 0.05) is 13.5 Å². The number of amides is 1. The highest BCUT2D eigenvalue weighted by Gasteiger charge is 2.17. The maximum atomic E-state index is 12.5. The maximum absolute atomic E-state index is 12.5. The molecule has 0 aliphatic carbocycles. The van der Waals surface area contributed by atoms with Crippen LogP contribution in [0.25, 0.3) is 10.9 Å². The van der Waals surface area contributed by atoms with E-state index in [4.69, 9.17) is 0 Å². The molecule has 0 saturated carbocycles. The highest BCUT2D eigenvalue weighted by atomic mass is 16.2. The average Bonchev–Trinajstić information content (AvgIpc) is 2.50. The van der Waals surface area contributed by atoms with Crippen molar-refractivity contribution in [1.82, 2.24) is 14.9 Å². The number of para-hydroxylation sites is 1. The number of hydrogen-bond acceptors (Lipinski definition) is 4. The van der Waals surface area contributed by atoms with Crippen molar-refractivity contribution in [3.8, 4) is 0 Å². The van der Waals surface area contributed by atoms with Gasteiger partial charge in [-0.2, -0.15) is 0 Å². The molecule has 2 aromatic rings. The van der Waals surface area contributed by atoms with Gasteiger partial charge in [-0.15, -0.1) is 0 Å². The number of hydrogen-bond donors (Lipinski definition) is 1. The number of nitrogens with one attached hydrogen (secondary N) is 1. The van der Waals surface area contributed by atoms with Crippen molar-refractivity contribution in [3.63, 3.8) is 0 Å². The van der Waals surface area contributed by atoms with Gasteiger partial charge < -0.3 is 10.1 Å². The van der Waals surface area contributed by atoms with E-state index in [0.717, 1.165) is 0 Å². The van der Waals surface area contributed by atoms with Crippen LogP contribution < -0.4 is 10.9 Å². The Balaban J connectivity index is 2.46. The van der Waals surface area contributed by atoms with Gasteiger partial charge in [-0.1, -0.05) is 12.1 Å². The quantitative estimate of drug-likeness (QED) is 0.831. The van der Waals surface area contributed by atoms with Crippen LogP contribution >= 0.6 is 0 Å². The Morgan fingerprint density at radius 1 is 1.43 bits per heavy atom. The molecule has 0 fully saturated rings. The van der Waals surface area contributed by atoms with Gasteiger partial charge in [0.25, 0.3) is 5.56 Å². The zero-order chi connectivity index (χ0) is 15.4. The highest BCUT2D eigenvalue weighted by Crippen LogP contribution is 2.14. The number of carbonyl (C=O) groups is 2. The second-order valence-corrected chi connectivity index (χ2v) is 4.77. The molecule has 0 spiro atoms. The van der Waals surface area contributed by atoms with Crippen molar-refractivity contribution < 1.29 is 9.59 Å². The van der Waals surface area contributed by atoms with E-state index in [1.165, 1.54) is 11.6 Å². The molecule has 1 aromatic carbocycles. The molecule has 2 rings (SSSR count). The van der Waals surface area contributed by atoms with Crippen LogP contribution in [0.3, 0.4) is 0 Å². The second-order valence-electron chi connectivity index (χ2n) is 4.77. The van der Waals surface area contributed by atoms with E-state index < -0.39 is 6.04 Å². The summed E-state index contributed by atoms with van der Waals surface area (Å²) in [7, 11) is 1.53. The number of fused-ring (bicyclic) bond motifs is 1. The molecular weight excluding hydrogens is 270 g/mol. The first-order valence-corrected chi connectivity index (χ1v) is 6.72. The molecule has 0 aliphatic rings. The zero-order valence-electron chi connectivity index (χ0n) is 12.0. The number of nitrogens with zero attached hydrogens (tertiary/aromatic N) is 2. The predicted octanol–water partition coefficient (Wildman–Crippen LogP) is 0.971. The van der Waals surface area contributed by atoms with Crippen LogP contribution in [0, 0.1) is 6.92 Å². The fraction of sp³-hybridized carbons (Fsp3) is 0.333. The summed E-state index contributed by atoms with van der Waals surface area (Å²) in [4.78, 5) is 39.5. The number of rotatable bonds is 5. The van der Waals surface area contributed by atoms with E-state index in [1.54, 1.807) is 31.2 Å². The minimum atomic E-state index is -0.688. The lowest BCUT2D eigenvalue weighted by atomic mass is 10.1. The molecule has 0 radical (unpaired) electrons. The van der Waals surface area contributed by atoms with E-state index in [0.29, 0.717) is 23.0 Å². The topological polar surface area (TPSA) is 81.1 Å². The smallest absolute Gasteiger partial charge is 0.262 e. The van der Waals surface area contributed by atoms with Gasteiger partial charge in [0.05, 0.1) is 16.9 Å². The van der Waals surface area contributed by atoms with Gasteiger partial charge in [0.2, 0.25) is 5.91 Å². The Morgan fingerprint density at radius 2 is 2.14 bits per heavy atom. The van der Waals surface area contributed by atoms with Gasteiger partial charge in [-0.25, -0.2) is 4.98 Å². The molecule has 1 amide bonds. The molecule has 1 unspecified atom stereocenters. The summed E-state index contributed by atoms with van der Waals surface area (Å²) in [6, 6.07) is 6.31. The third kappa shape index (κ3) is 2.99. The lowest BCUT2D eigenvalue weighted by Crippen LogP contribution is -2.30. The molecule has 110 valence electrons. The number of benzene rings is 1. The molecule has 21 heavy (non-hydrogen) atoms. The lowest BCUT2D eigenvalue weighted by molar-refractivity contribution is -0.121. The number of aryl methyl sites for hydroxylation is 1. The summed E-state index contributed by atoms with van der Waals surface area (Å²) in [5.74, 6) is 0.300. The van der Waals surface area contributed by atoms with Gasteiger partial charge >= 0.3 is 0 Å². The van der Waals surface area contributed by atoms with E-state index in [1.807, 2.05) is 0 Å². The van der Waals surface area contributed by atoms with Crippen molar-refractivity contribution in [2.45, 2.75) is 25.8 Å². The summed E-state index contributed by atoms with van der Waals surface area (Å²) in [5, 5.41) is 2.96. The standard InChI is InChI=1S/C15H17N3O3/c1-10-17-13-6-4-3-5-12(13)15(21)18(10)11(9-19)7-8-14(20)16-2/h3-6,9,11H,7-8H2,1-2H3,(H,16,20). The molecule has 1 aromatic heterocycles. The first kappa shape index (κ1) is 14.9. The van der Waals surface area contributed by atoms with Crippen LogP contribution in [-0.4, -0.2) is 28.8 Å². The monoisotopic (exact) mass is 287 g/mol. The van der Waals surface area contributed by atoms with Crippen LogP contribution in [0.5, 0.6) is 0 Å². The predicted molar refractivity (Wildman–Crippen MR) is 79.1 cm³/mol. The fourth-order valence-electron chi connectivity index (χ4n) is 2.31. The summed E-state index contributed by atoms with van der Waals surface area (Å²) in [6.07, 6.45) is 1.14. The largest absolute Gasteiger partial charge is 0.359 e. The zero-order valence-corrected chi connectivity index (χ0v) is 12.0. The van der Waals surface area contributed by atoms with Gasteiger partial charge in [0.1, 0.15) is 12.1 Å². The van der Waals surface area contributed by atoms with E-state index >= 15 is 0 Å². The Morgan fingerprint density at radius 3 is 2.81 bits per heavy atom. The van der Waals surface area contributed by atoms with Crippen LogP contribution in [0.15, 0.2) is 29.1 Å². The van der Waals surface area contributed by atoms with Crippen LogP contribution in [-0.2, 0) is 9.59 Å². The van der Waals surface area contributed by atoms with Crippen molar-refractivity contribution in [2.24, 2.45) is 0 Å². The highest BCUT2D eigenvalue weighted by molar-refractivity contribution is 5.78. The molecule has 0 saturated heterocycles. The van der Waals surface area contributed by atoms with E-state index in [9.17, 15) is 14.4 Å². The molecule has 1 heterocycles. The normalized spacial score (nSPS) is 12.1. The molecule has 0 aliphatic heterocycles. The van der Waals surface area contributed by atoms with Crippen molar-refractivity contribution in [1.29, 1.82) is 0 Å². The third-order valence-corrected chi connectivity index (χ3v) is 3.42. The van der Waals surface area contributed by atoms with Gasteiger partial charge in [-0.3, -0.25) is 14.2 Å². The molecule has 0 bridgehead atoms. The van der Waals surface area contributed by atoms with Crippen LogP contribution in [0.2, 0.25) is 0 Å². The molecule has 1 N–H and O–H groups in total. The fourth-order valence-corrected chi connectivity index (χ4v) is 2.31. The van der Waals surface area contributed by atoms with Crippen LogP contribution in [0.4, 0.5) is 0 Å². The summed E-state index contributed by atoms with van der Waals surface area (Å²) < 4.78 is 1.36. The van der Waals surface area contributed by atoms with Gasteiger partial charge in [-0.05, 0) is 25.5 Å².